The van der Waals surface area contributed by atoms with Crippen molar-refractivity contribution in [2.45, 2.75) is 6.54 Å². The highest BCUT2D eigenvalue weighted by Gasteiger charge is 2.11. The lowest BCUT2D eigenvalue weighted by Crippen LogP contribution is -2.27. The van der Waals surface area contributed by atoms with Crippen LogP contribution in [-0.2, 0) is 6.54 Å². The molecule has 0 saturated carbocycles. The van der Waals surface area contributed by atoms with Crippen LogP contribution in [0.15, 0.2) is 30.9 Å². The molecular weight excluding hydrogens is 229 g/mol. The molecule has 88 valence electrons. The first-order chi connectivity index (χ1) is 7.69. The summed E-state index contributed by atoms with van der Waals surface area (Å²) in [5, 5.41) is 9.29. The van der Waals surface area contributed by atoms with Crippen molar-refractivity contribution in [3.8, 4) is 0 Å². The van der Waals surface area contributed by atoms with Crippen LogP contribution in [0.2, 0.25) is 5.02 Å². The minimum atomic E-state index is -0.320. The van der Waals surface area contributed by atoms with Crippen LogP contribution in [0.1, 0.15) is 5.56 Å². The van der Waals surface area contributed by atoms with Crippen molar-refractivity contribution in [1.29, 1.82) is 0 Å². The lowest BCUT2D eigenvalue weighted by molar-refractivity contribution is 0.202. The molecule has 1 aromatic rings. The van der Waals surface area contributed by atoms with Crippen LogP contribution in [-0.4, -0.2) is 29.7 Å². The van der Waals surface area contributed by atoms with Crippen LogP contribution in [0, 0.1) is 5.82 Å². The molecule has 4 heteroatoms. The van der Waals surface area contributed by atoms with Gasteiger partial charge in [-0.3, -0.25) is 4.90 Å². The number of halogens is 2. The summed E-state index contributed by atoms with van der Waals surface area (Å²) in [6.07, 6.45) is 1.71. The second-order valence-corrected chi connectivity index (χ2v) is 3.85. The van der Waals surface area contributed by atoms with Gasteiger partial charge in [0, 0.05) is 30.2 Å². The Kier molecular flexibility index (Phi) is 5.46. The fraction of sp³-hybridized carbons (Fsp3) is 0.333. The highest BCUT2D eigenvalue weighted by molar-refractivity contribution is 6.31. The Morgan fingerprint density at radius 3 is 2.81 bits per heavy atom. The van der Waals surface area contributed by atoms with Crippen LogP contribution in [0.3, 0.4) is 0 Å². The maximum absolute atomic E-state index is 13.5. The van der Waals surface area contributed by atoms with Gasteiger partial charge in [0.1, 0.15) is 5.82 Å². The Hall–Kier alpha value is -0.900. The molecule has 0 spiro atoms. The third-order valence-electron chi connectivity index (χ3n) is 2.25. The van der Waals surface area contributed by atoms with E-state index in [-0.39, 0.29) is 12.4 Å². The van der Waals surface area contributed by atoms with E-state index in [1.54, 1.807) is 18.2 Å². The molecule has 0 aromatic heterocycles. The zero-order valence-electron chi connectivity index (χ0n) is 9.00. The molecule has 1 N–H and O–H groups in total. The van der Waals surface area contributed by atoms with Crippen molar-refractivity contribution in [3.05, 3.63) is 47.3 Å². The molecule has 0 aliphatic carbocycles. The maximum Gasteiger partial charge on any atom is 0.129 e. The highest BCUT2D eigenvalue weighted by atomic mass is 35.5. The predicted molar refractivity (Wildman–Crippen MR) is 64.0 cm³/mol. The molecule has 16 heavy (non-hydrogen) atoms. The van der Waals surface area contributed by atoms with Crippen molar-refractivity contribution in [1.82, 2.24) is 4.90 Å². The van der Waals surface area contributed by atoms with Gasteiger partial charge in [0.25, 0.3) is 0 Å². The van der Waals surface area contributed by atoms with Crippen LogP contribution in [0.25, 0.3) is 0 Å². The number of rotatable bonds is 6. The summed E-state index contributed by atoms with van der Waals surface area (Å²) in [5.74, 6) is -0.320. The van der Waals surface area contributed by atoms with E-state index in [0.717, 1.165) is 0 Å². The molecular formula is C12H15ClFNO. The van der Waals surface area contributed by atoms with Gasteiger partial charge in [0.2, 0.25) is 0 Å². The van der Waals surface area contributed by atoms with E-state index in [9.17, 15) is 4.39 Å². The number of aliphatic hydroxyl groups is 1. The van der Waals surface area contributed by atoms with Gasteiger partial charge in [-0.2, -0.15) is 0 Å². The molecule has 0 aliphatic heterocycles. The average molecular weight is 244 g/mol. The van der Waals surface area contributed by atoms with E-state index < -0.39 is 0 Å². The molecule has 0 atom stereocenters. The molecule has 0 amide bonds. The van der Waals surface area contributed by atoms with E-state index in [2.05, 4.69) is 6.58 Å². The molecule has 0 radical (unpaired) electrons. The van der Waals surface area contributed by atoms with Gasteiger partial charge in [0.05, 0.1) is 6.61 Å². The summed E-state index contributed by atoms with van der Waals surface area (Å²) in [5.41, 5.74) is 0.458. The van der Waals surface area contributed by atoms with Crippen molar-refractivity contribution < 1.29 is 9.50 Å². The first-order valence-corrected chi connectivity index (χ1v) is 5.43. The fourth-order valence-corrected chi connectivity index (χ4v) is 1.69. The molecule has 0 bridgehead atoms. The Morgan fingerprint density at radius 1 is 1.50 bits per heavy atom. The zero-order chi connectivity index (χ0) is 12.0. The largest absolute Gasteiger partial charge is 0.395 e. The number of hydrogen-bond donors (Lipinski definition) is 1. The average Bonchev–Trinajstić information content (AvgIpc) is 2.24. The van der Waals surface area contributed by atoms with E-state index in [4.69, 9.17) is 16.7 Å². The van der Waals surface area contributed by atoms with Crippen molar-refractivity contribution >= 4 is 11.6 Å². The molecule has 0 fully saturated rings. The molecule has 0 aliphatic rings. The SMILES string of the molecule is C=CCN(CCO)Cc1c(F)cccc1Cl. The quantitative estimate of drug-likeness (QED) is 0.776. The number of benzene rings is 1. The summed E-state index contributed by atoms with van der Waals surface area (Å²) in [4.78, 5) is 1.87. The third-order valence-corrected chi connectivity index (χ3v) is 2.60. The number of hydrogen-bond acceptors (Lipinski definition) is 2. The third kappa shape index (κ3) is 3.59. The Balaban J connectivity index is 2.79. The molecule has 0 unspecified atom stereocenters. The van der Waals surface area contributed by atoms with Crippen molar-refractivity contribution in [2.75, 3.05) is 19.7 Å². The van der Waals surface area contributed by atoms with Crippen LogP contribution >= 0.6 is 11.6 Å². The molecule has 1 aromatic carbocycles. The van der Waals surface area contributed by atoms with Gasteiger partial charge in [-0.15, -0.1) is 6.58 Å². The number of nitrogens with zero attached hydrogens (tertiary/aromatic N) is 1. The van der Waals surface area contributed by atoms with Gasteiger partial charge in [-0.1, -0.05) is 23.7 Å². The Bertz CT molecular complexity index is 337. The van der Waals surface area contributed by atoms with Crippen molar-refractivity contribution in [2.24, 2.45) is 0 Å². The van der Waals surface area contributed by atoms with Crippen molar-refractivity contribution in [3.63, 3.8) is 0 Å². The molecule has 2 nitrogen and oxygen atoms in total. The Morgan fingerprint density at radius 2 is 2.25 bits per heavy atom. The molecule has 0 saturated heterocycles. The van der Waals surface area contributed by atoms with Gasteiger partial charge < -0.3 is 5.11 Å². The van der Waals surface area contributed by atoms with Gasteiger partial charge in [0.15, 0.2) is 0 Å². The van der Waals surface area contributed by atoms with Crippen LogP contribution < -0.4 is 0 Å². The lowest BCUT2D eigenvalue weighted by atomic mass is 10.2. The standard InChI is InChI=1S/C12H15ClFNO/c1-2-6-15(7-8-16)9-10-11(13)4-3-5-12(10)14/h2-5,16H,1,6-9H2. The van der Waals surface area contributed by atoms with E-state index in [0.29, 0.717) is 30.2 Å². The highest BCUT2D eigenvalue weighted by Crippen LogP contribution is 2.20. The monoisotopic (exact) mass is 243 g/mol. The lowest BCUT2D eigenvalue weighted by Gasteiger charge is -2.20. The zero-order valence-corrected chi connectivity index (χ0v) is 9.75. The second-order valence-electron chi connectivity index (χ2n) is 3.45. The predicted octanol–water partition coefficient (Wildman–Crippen LogP) is 2.46. The van der Waals surface area contributed by atoms with E-state index in [1.807, 2.05) is 4.90 Å². The summed E-state index contributed by atoms with van der Waals surface area (Å²) >= 11 is 5.92. The smallest absolute Gasteiger partial charge is 0.129 e. The van der Waals surface area contributed by atoms with Gasteiger partial charge in [-0.05, 0) is 12.1 Å². The normalized spacial score (nSPS) is 10.8. The topological polar surface area (TPSA) is 23.5 Å². The van der Waals surface area contributed by atoms with E-state index >= 15 is 0 Å². The summed E-state index contributed by atoms with van der Waals surface area (Å²) < 4.78 is 13.5. The maximum atomic E-state index is 13.5. The number of aliphatic hydroxyl groups excluding tert-OH is 1. The van der Waals surface area contributed by atoms with Crippen LogP contribution in [0.4, 0.5) is 4.39 Å². The fourth-order valence-electron chi connectivity index (χ4n) is 1.47. The first-order valence-electron chi connectivity index (χ1n) is 5.06. The minimum Gasteiger partial charge on any atom is -0.395 e. The Labute approximate surface area is 100.0 Å². The second kappa shape index (κ2) is 6.63. The van der Waals surface area contributed by atoms with Gasteiger partial charge >= 0.3 is 0 Å². The summed E-state index contributed by atoms with van der Waals surface area (Å²) in [6.45, 7) is 5.08. The van der Waals surface area contributed by atoms with Gasteiger partial charge in [-0.25, -0.2) is 4.39 Å². The minimum absolute atomic E-state index is 0.0277. The van der Waals surface area contributed by atoms with Crippen LogP contribution in [0.5, 0.6) is 0 Å². The summed E-state index contributed by atoms with van der Waals surface area (Å²) in [6, 6.07) is 4.61. The first kappa shape index (κ1) is 13.2. The molecule has 1 rings (SSSR count). The summed E-state index contributed by atoms with van der Waals surface area (Å²) in [7, 11) is 0. The van der Waals surface area contributed by atoms with E-state index in [1.165, 1.54) is 6.07 Å². The molecule has 0 heterocycles.